The number of rotatable bonds is 5. The molecule has 4 rings (SSSR count). The normalized spacial score (nSPS) is 11.4. The molecule has 7 nitrogen and oxygen atoms in total. The number of nitrogens with zero attached hydrogens (tertiary/aromatic N) is 2. The highest BCUT2D eigenvalue weighted by Crippen LogP contribution is 2.37. The minimum Gasteiger partial charge on any atom is -0.435 e. The highest BCUT2D eigenvalue weighted by molar-refractivity contribution is 8.22. The lowest BCUT2D eigenvalue weighted by Crippen LogP contribution is -2.16. The standard InChI is InChI=1S/C23H18FN3O4S3/c1-27(28)23(32)33-18-10-4-16(5-11-18)22-26-20(14-2-8-17(24)9-3-14)21(31-22)15-6-12-19(13-7-15)34(25,29)30/h2-13,28H,1H3,(H2,25,29,30). The van der Waals surface area contributed by atoms with E-state index >= 15 is 0 Å². The van der Waals surface area contributed by atoms with Gasteiger partial charge in [-0.2, -0.15) is 0 Å². The van der Waals surface area contributed by atoms with Crippen molar-refractivity contribution in [2.24, 2.45) is 5.14 Å². The van der Waals surface area contributed by atoms with Crippen LogP contribution in [0.25, 0.3) is 34.0 Å². The molecule has 4 aromatic rings. The summed E-state index contributed by atoms with van der Waals surface area (Å²) in [4.78, 5) is 5.42. The molecule has 0 aliphatic carbocycles. The van der Waals surface area contributed by atoms with Crippen molar-refractivity contribution < 1.29 is 22.4 Å². The van der Waals surface area contributed by atoms with Crippen LogP contribution in [0.15, 0.2) is 87.0 Å². The monoisotopic (exact) mass is 515 g/mol. The van der Waals surface area contributed by atoms with Gasteiger partial charge in [-0.1, -0.05) is 24.0 Å². The Balaban J connectivity index is 1.75. The van der Waals surface area contributed by atoms with Gasteiger partial charge in [-0.25, -0.2) is 28.0 Å². The Morgan fingerprint density at radius 2 is 1.56 bits per heavy atom. The number of hydrogen-bond donors (Lipinski definition) is 2. The number of oxazole rings is 1. The summed E-state index contributed by atoms with van der Waals surface area (Å²) in [5, 5.41) is 15.5. The first-order valence-electron chi connectivity index (χ1n) is 9.76. The minimum atomic E-state index is -3.84. The van der Waals surface area contributed by atoms with E-state index in [-0.39, 0.29) is 10.7 Å². The second kappa shape index (κ2) is 9.65. The first-order valence-corrected chi connectivity index (χ1v) is 12.5. The van der Waals surface area contributed by atoms with Crippen LogP contribution in [0.3, 0.4) is 0 Å². The Morgan fingerprint density at radius 1 is 1.00 bits per heavy atom. The zero-order chi connectivity index (χ0) is 24.5. The van der Waals surface area contributed by atoms with Crippen molar-refractivity contribution >= 4 is 38.3 Å². The third kappa shape index (κ3) is 5.34. The quantitative estimate of drug-likeness (QED) is 0.213. The summed E-state index contributed by atoms with van der Waals surface area (Å²) in [6.07, 6.45) is 0. The van der Waals surface area contributed by atoms with Crippen molar-refractivity contribution in [3.8, 4) is 34.0 Å². The number of thioether (sulfide) groups is 1. The van der Waals surface area contributed by atoms with Crippen molar-refractivity contribution in [1.82, 2.24) is 10.0 Å². The molecular formula is C23H18FN3O4S3. The van der Waals surface area contributed by atoms with Gasteiger partial charge in [0.2, 0.25) is 15.9 Å². The predicted octanol–water partition coefficient (Wildman–Crippen LogP) is 5.16. The average molecular weight is 516 g/mol. The molecule has 3 N–H and O–H groups in total. The molecule has 1 heterocycles. The van der Waals surface area contributed by atoms with Crippen LogP contribution in [0.5, 0.6) is 0 Å². The van der Waals surface area contributed by atoms with E-state index in [0.29, 0.717) is 38.4 Å². The molecule has 34 heavy (non-hydrogen) atoms. The third-order valence-corrected chi connectivity index (χ3v) is 7.15. The molecule has 3 aromatic carbocycles. The van der Waals surface area contributed by atoms with Crippen LogP contribution < -0.4 is 5.14 Å². The average Bonchev–Trinajstić information content (AvgIpc) is 3.25. The van der Waals surface area contributed by atoms with E-state index in [0.717, 1.165) is 9.96 Å². The van der Waals surface area contributed by atoms with E-state index in [1.54, 1.807) is 36.4 Å². The van der Waals surface area contributed by atoms with Gasteiger partial charge in [-0.3, -0.25) is 5.21 Å². The summed E-state index contributed by atoms with van der Waals surface area (Å²) in [7, 11) is -2.39. The molecule has 0 radical (unpaired) electrons. The van der Waals surface area contributed by atoms with E-state index in [9.17, 15) is 18.0 Å². The van der Waals surface area contributed by atoms with E-state index in [1.165, 1.54) is 43.1 Å². The molecule has 1 aromatic heterocycles. The topological polar surface area (TPSA) is 110 Å². The van der Waals surface area contributed by atoms with Crippen LogP contribution in [0, 0.1) is 5.82 Å². The van der Waals surface area contributed by atoms with Crippen LogP contribution >= 0.6 is 24.0 Å². The zero-order valence-corrected chi connectivity index (χ0v) is 20.1. The third-order valence-electron chi connectivity index (χ3n) is 4.76. The molecule has 0 aliphatic rings. The van der Waals surface area contributed by atoms with Gasteiger partial charge in [-0.15, -0.1) is 0 Å². The molecule has 0 amide bonds. The second-order valence-corrected chi connectivity index (χ2v) is 10.5. The number of hydroxylamine groups is 2. The molecule has 0 aliphatic heterocycles. The van der Waals surface area contributed by atoms with E-state index in [1.807, 2.05) is 12.1 Å². The fraction of sp³-hybridized carbons (Fsp3) is 0.0435. The lowest BCUT2D eigenvalue weighted by molar-refractivity contribution is 0.0205. The highest BCUT2D eigenvalue weighted by Gasteiger charge is 2.19. The van der Waals surface area contributed by atoms with Crippen molar-refractivity contribution in [3.63, 3.8) is 0 Å². The lowest BCUT2D eigenvalue weighted by Gasteiger charge is -2.10. The second-order valence-electron chi connectivity index (χ2n) is 7.19. The van der Waals surface area contributed by atoms with Crippen LogP contribution in [0.4, 0.5) is 4.39 Å². The molecule has 0 saturated heterocycles. The summed E-state index contributed by atoms with van der Waals surface area (Å²) in [6.45, 7) is 0. The maximum atomic E-state index is 13.5. The number of hydrogen-bond acceptors (Lipinski definition) is 7. The molecule has 0 bridgehead atoms. The van der Waals surface area contributed by atoms with Crippen LogP contribution in [0.1, 0.15) is 0 Å². The van der Waals surface area contributed by atoms with Gasteiger partial charge in [0.05, 0.1) is 4.90 Å². The summed E-state index contributed by atoms with van der Waals surface area (Å²) < 4.78 is 43.1. The molecule has 0 atom stereocenters. The van der Waals surface area contributed by atoms with E-state index in [4.69, 9.17) is 21.8 Å². The van der Waals surface area contributed by atoms with Crippen LogP contribution in [-0.2, 0) is 10.0 Å². The summed E-state index contributed by atoms with van der Waals surface area (Å²) in [5.74, 6) is 0.332. The number of thiocarbonyl (C=S) groups is 1. The van der Waals surface area contributed by atoms with Crippen LogP contribution in [0.2, 0.25) is 0 Å². The van der Waals surface area contributed by atoms with Crippen molar-refractivity contribution in [1.29, 1.82) is 0 Å². The molecule has 0 saturated carbocycles. The molecule has 174 valence electrons. The zero-order valence-electron chi connectivity index (χ0n) is 17.7. The number of sulfonamides is 1. The number of primary sulfonamides is 1. The van der Waals surface area contributed by atoms with Crippen molar-refractivity contribution in [2.45, 2.75) is 9.79 Å². The number of aromatic nitrogens is 1. The van der Waals surface area contributed by atoms with Crippen LogP contribution in [-0.4, -0.2) is 35.0 Å². The maximum Gasteiger partial charge on any atom is 0.238 e. The summed E-state index contributed by atoms with van der Waals surface area (Å²) in [6, 6.07) is 19.0. The predicted molar refractivity (Wildman–Crippen MR) is 132 cm³/mol. The van der Waals surface area contributed by atoms with Crippen molar-refractivity contribution in [3.05, 3.63) is 78.6 Å². The molecule has 0 unspecified atom stereocenters. The molecule has 11 heteroatoms. The van der Waals surface area contributed by atoms with Gasteiger partial charge in [0.25, 0.3) is 0 Å². The maximum absolute atomic E-state index is 13.5. The Labute approximate surface area is 205 Å². The number of benzene rings is 3. The summed E-state index contributed by atoms with van der Waals surface area (Å²) in [5.41, 5.74) is 2.36. The van der Waals surface area contributed by atoms with Gasteiger partial charge in [0, 0.05) is 28.6 Å². The van der Waals surface area contributed by atoms with Gasteiger partial charge >= 0.3 is 0 Å². The number of halogens is 1. The highest BCUT2D eigenvalue weighted by atomic mass is 32.2. The van der Waals surface area contributed by atoms with Gasteiger partial charge in [-0.05, 0) is 72.8 Å². The Hall–Kier alpha value is -3.09. The smallest absolute Gasteiger partial charge is 0.238 e. The SMILES string of the molecule is CN(O)C(=S)Sc1ccc(-c2nc(-c3ccc(F)cc3)c(-c3ccc(S(N)(=O)=O)cc3)o2)cc1. The molecular weight excluding hydrogens is 497 g/mol. The Bertz CT molecular complexity index is 1430. The van der Waals surface area contributed by atoms with Gasteiger partial charge in [0.1, 0.15) is 11.5 Å². The Kier molecular flexibility index (Phi) is 6.82. The lowest BCUT2D eigenvalue weighted by atomic mass is 10.1. The number of nitrogens with two attached hydrogens (primary N) is 1. The summed E-state index contributed by atoms with van der Waals surface area (Å²) >= 11 is 6.32. The fourth-order valence-corrected chi connectivity index (χ4v) is 4.48. The van der Waals surface area contributed by atoms with Gasteiger partial charge < -0.3 is 4.42 Å². The first-order chi connectivity index (χ1) is 16.1. The van der Waals surface area contributed by atoms with Gasteiger partial charge in [0.15, 0.2) is 10.1 Å². The Morgan fingerprint density at radius 3 is 2.12 bits per heavy atom. The largest absolute Gasteiger partial charge is 0.435 e. The minimum absolute atomic E-state index is 0.0288. The van der Waals surface area contributed by atoms with E-state index < -0.39 is 10.0 Å². The van der Waals surface area contributed by atoms with Crippen molar-refractivity contribution in [2.75, 3.05) is 7.05 Å². The first kappa shape index (κ1) is 24.0. The van der Waals surface area contributed by atoms with E-state index in [2.05, 4.69) is 4.98 Å². The fourth-order valence-electron chi connectivity index (χ4n) is 3.07. The molecule has 0 spiro atoms. The molecule has 0 fully saturated rings.